The third kappa shape index (κ3) is 2.01. The van der Waals surface area contributed by atoms with Gasteiger partial charge in [0, 0.05) is 18.0 Å². The third-order valence-corrected chi connectivity index (χ3v) is 3.68. The number of aryl methyl sites for hydroxylation is 1. The summed E-state index contributed by atoms with van der Waals surface area (Å²) >= 11 is 0. The molecule has 2 rings (SSSR count). The summed E-state index contributed by atoms with van der Waals surface area (Å²) in [4.78, 5) is 0. The molecule has 0 unspecified atom stereocenters. The molecule has 3 heteroatoms. The highest BCUT2D eigenvalue weighted by Gasteiger charge is 2.28. The Balaban J connectivity index is 2.67. The van der Waals surface area contributed by atoms with Crippen LogP contribution in [-0.2, 0) is 12.5 Å². The van der Waals surface area contributed by atoms with E-state index in [1.54, 1.807) is 4.68 Å². The summed E-state index contributed by atoms with van der Waals surface area (Å²) in [6.07, 6.45) is 1.03. The molecule has 0 atom stereocenters. The van der Waals surface area contributed by atoms with Gasteiger partial charge in [0.25, 0.3) is 0 Å². The molecule has 3 nitrogen and oxygen atoms in total. The molecule has 0 aliphatic heterocycles. The van der Waals surface area contributed by atoms with Crippen LogP contribution in [0.1, 0.15) is 32.9 Å². The molecule has 0 radical (unpaired) electrons. The molecule has 2 N–H and O–H groups in total. The van der Waals surface area contributed by atoms with E-state index in [1.807, 2.05) is 25.2 Å². The lowest BCUT2D eigenvalue weighted by Crippen LogP contribution is -2.17. The first kappa shape index (κ1) is 12.7. The number of aromatic nitrogens is 2. The number of anilines is 1. The average Bonchev–Trinajstić information content (AvgIpc) is 2.68. The first-order chi connectivity index (χ1) is 8.47. The maximum absolute atomic E-state index is 6.19. The van der Waals surface area contributed by atoms with Gasteiger partial charge in [-0.2, -0.15) is 5.10 Å². The van der Waals surface area contributed by atoms with Crippen LogP contribution in [0.4, 0.5) is 5.82 Å². The SMILES string of the molecule is CCC(C)(C)c1nn(C)c(N)c1-c1ccccc1. The van der Waals surface area contributed by atoms with Crippen LogP contribution in [0, 0.1) is 0 Å². The van der Waals surface area contributed by atoms with Gasteiger partial charge in [0.1, 0.15) is 5.82 Å². The van der Waals surface area contributed by atoms with Crippen molar-refractivity contribution >= 4 is 5.82 Å². The molecule has 96 valence electrons. The zero-order valence-electron chi connectivity index (χ0n) is 11.6. The highest BCUT2D eigenvalue weighted by molar-refractivity contribution is 5.77. The van der Waals surface area contributed by atoms with Crippen LogP contribution in [0.2, 0.25) is 0 Å². The van der Waals surface area contributed by atoms with Crippen molar-refractivity contribution in [2.24, 2.45) is 7.05 Å². The molecule has 0 saturated carbocycles. The smallest absolute Gasteiger partial charge is 0.129 e. The molecule has 1 aromatic heterocycles. The van der Waals surface area contributed by atoms with E-state index in [4.69, 9.17) is 5.73 Å². The molecule has 1 aromatic carbocycles. The first-order valence-electron chi connectivity index (χ1n) is 6.35. The Morgan fingerprint density at radius 1 is 1.22 bits per heavy atom. The van der Waals surface area contributed by atoms with Crippen molar-refractivity contribution in [1.82, 2.24) is 9.78 Å². The Labute approximate surface area is 109 Å². The van der Waals surface area contributed by atoms with E-state index >= 15 is 0 Å². The lowest BCUT2D eigenvalue weighted by atomic mass is 9.83. The predicted molar refractivity (Wildman–Crippen MR) is 76.4 cm³/mol. The number of nitrogen functional groups attached to an aromatic ring is 1. The minimum atomic E-state index is 0.0283. The van der Waals surface area contributed by atoms with E-state index in [1.165, 1.54) is 0 Å². The molecule has 1 heterocycles. The summed E-state index contributed by atoms with van der Waals surface area (Å²) in [5, 5.41) is 4.62. The number of nitrogens with two attached hydrogens (primary N) is 1. The van der Waals surface area contributed by atoms with Crippen LogP contribution in [-0.4, -0.2) is 9.78 Å². The number of hydrogen-bond donors (Lipinski definition) is 1. The van der Waals surface area contributed by atoms with Crippen molar-refractivity contribution in [3.05, 3.63) is 36.0 Å². The average molecular weight is 243 g/mol. The third-order valence-electron chi connectivity index (χ3n) is 3.68. The van der Waals surface area contributed by atoms with Crippen molar-refractivity contribution in [3.63, 3.8) is 0 Å². The predicted octanol–water partition coefficient (Wildman–Crippen LogP) is 3.36. The van der Waals surface area contributed by atoms with Crippen molar-refractivity contribution in [1.29, 1.82) is 0 Å². The number of benzene rings is 1. The fraction of sp³-hybridized carbons (Fsp3) is 0.400. The molecule has 0 spiro atoms. The molecular weight excluding hydrogens is 222 g/mol. The van der Waals surface area contributed by atoms with Crippen LogP contribution in [0.5, 0.6) is 0 Å². The van der Waals surface area contributed by atoms with Gasteiger partial charge in [-0.25, -0.2) is 0 Å². The Kier molecular flexibility index (Phi) is 3.16. The van der Waals surface area contributed by atoms with Crippen molar-refractivity contribution in [2.75, 3.05) is 5.73 Å². The Morgan fingerprint density at radius 2 is 1.83 bits per heavy atom. The summed E-state index contributed by atoms with van der Waals surface area (Å²) in [7, 11) is 1.90. The van der Waals surface area contributed by atoms with Gasteiger partial charge in [0.05, 0.1) is 5.69 Å². The number of rotatable bonds is 3. The first-order valence-corrected chi connectivity index (χ1v) is 6.35. The lowest BCUT2D eigenvalue weighted by molar-refractivity contribution is 0.483. The lowest BCUT2D eigenvalue weighted by Gasteiger charge is -2.21. The second kappa shape index (κ2) is 4.48. The molecule has 18 heavy (non-hydrogen) atoms. The maximum atomic E-state index is 6.19. The van der Waals surface area contributed by atoms with Crippen LogP contribution < -0.4 is 5.73 Å². The number of hydrogen-bond acceptors (Lipinski definition) is 2. The highest BCUT2D eigenvalue weighted by atomic mass is 15.3. The maximum Gasteiger partial charge on any atom is 0.129 e. The van der Waals surface area contributed by atoms with Crippen LogP contribution >= 0.6 is 0 Å². The second-order valence-electron chi connectivity index (χ2n) is 5.34. The molecular formula is C15H21N3. The van der Waals surface area contributed by atoms with E-state index in [9.17, 15) is 0 Å². The molecule has 0 aliphatic carbocycles. The van der Waals surface area contributed by atoms with Gasteiger partial charge in [-0.1, -0.05) is 51.1 Å². The van der Waals surface area contributed by atoms with E-state index in [0.29, 0.717) is 0 Å². The Hall–Kier alpha value is -1.77. The largest absolute Gasteiger partial charge is 0.383 e. The van der Waals surface area contributed by atoms with Gasteiger partial charge in [0.2, 0.25) is 0 Å². The van der Waals surface area contributed by atoms with Gasteiger partial charge in [-0.05, 0) is 12.0 Å². The minimum Gasteiger partial charge on any atom is -0.383 e. The zero-order chi connectivity index (χ0) is 13.3. The van der Waals surface area contributed by atoms with Gasteiger partial charge in [0.15, 0.2) is 0 Å². The summed E-state index contributed by atoms with van der Waals surface area (Å²) in [5.41, 5.74) is 9.51. The van der Waals surface area contributed by atoms with Crippen LogP contribution in [0.15, 0.2) is 30.3 Å². The van der Waals surface area contributed by atoms with Gasteiger partial charge < -0.3 is 5.73 Å². The van der Waals surface area contributed by atoms with Crippen molar-refractivity contribution < 1.29 is 0 Å². The molecule has 0 saturated heterocycles. The van der Waals surface area contributed by atoms with Gasteiger partial charge >= 0.3 is 0 Å². The summed E-state index contributed by atoms with van der Waals surface area (Å²) < 4.78 is 1.77. The summed E-state index contributed by atoms with van der Waals surface area (Å²) in [6.45, 7) is 6.60. The monoisotopic (exact) mass is 243 g/mol. The van der Waals surface area contributed by atoms with Crippen molar-refractivity contribution in [3.8, 4) is 11.1 Å². The van der Waals surface area contributed by atoms with E-state index in [-0.39, 0.29) is 5.41 Å². The Bertz CT molecular complexity index is 538. The summed E-state index contributed by atoms with van der Waals surface area (Å²) in [5.74, 6) is 0.734. The molecule has 2 aromatic rings. The normalized spacial score (nSPS) is 11.8. The van der Waals surface area contributed by atoms with Crippen LogP contribution in [0.3, 0.4) is 0 Å². The van der Waals surface area contributed by atoms with Gasteiger partial charge in [-0.15, -0.1) is 0 Å². The molecule has 0 fully saturated rings. The Morgan fingerprint density at radius 3 is 2.39 bits per heavy atom. The van der Waals surface area contributed by atoms with E-state index < -0.39 is 0 Å². The standard InChI is InChI=1S/C15H21N3/c1-5-15(2,3)13-12(14(16)18(4)17-13)11-9-7-6-8-10-11/h6-10H,5,16H2,1-4H3. The van der Waals surface area contributed by atoms with E-state index in [2.05, 4.69) is 38.0 Å². The quantitative estimate of drug-likeness (QED) is 0.898. The topological polar surface area (TPSA) is 43.8 Å². The second-order valence-corrected chi connectivity index (χ2v) is 5.34. The highest BCUT2D eigenvalue weighted by Crippen LogP contribution is 2.37. The fourth-order valence-electron chi connectivity index (χ4n) is 2.07. The van der Waals surface area contributed by atoms with Gasteiger partial charge in [-0.3, -0.25) is 4.68 Å². The molecule has 0 aliphatic rings. The summed E-state index contributed by atoms with van der Waals surface area (Å²) in [6, 6.07) is 10.3. The number of nitrogens with zero attached hydrogens (tertiary/aromatic N) is 2. The fourth-order valence-corrected chi connectivity index (χ4v) is 2.07. The minimum absolute atomic E-state index is 0.0283. The zero-order valence-corrected chi connectivity index (χ0v) is 11.6. The molecule has 0 amide bonds. The van der Waals surface area contributed by atoms with Crippen molar-refractivity contribution in [2.45, 2.75) is 32.6 Å². The molecule has 0 bridgehead atoms. The van der Waals surface area contributed by atoms with Crippen LogP contribution in [0.25, 0.3) is 11.1 Å². The van der Waals surface area contributed by atoms with E-state index in [0.717, 1.165) is 29.1 Å².